The van der Waals surface area contributed by atoms with E-state index in [4.69, 9.17) is 16.3 Å². The van der Waals surface area contributed by atoms with Gasteiger partial charge in [0.25, 0.3) is 0 Å². The zero-order chi connectivity index (χ0) is 14.0. The Kier molecular flexibility index (Phi) is 3.99. The lowest BCUT2D eigenvalue weighted by atomic mass is 9.95. The van der Waals surface area contributed by atoms with Gasteiger partial charge in [0.05, 0.1) is 12.0 Å². The number of ether oxygens (including phenoxy) is 1. The molecule has 2 aliphatic rings. The lowest BCUT2D eigenvalue weighted by Gasteiger charge is -2.16. The summed E-state index contributed by atoms with van der Waals surface area (Å²) < 4.78 is 5.53. The standard InChI is InChI=1S/C16H20ClNO2/c17-14-3-1-2-13(10-14)16(6-7-16)15(19)18-8-9-20-11-12-4-5-12/h1-3,10,12H,4-9,11H2,(H,18,19). The number of carbonyl (C=O) groups is 1. The molecule has 3 rings (SSSR count). The Morgan fingerprint density at radius 1 is 1.40 bits per heavy atom. The van der Waals surface area contributed by atoms with E-state index in [1.807, 2.05) is 24.3 Å². The monoisotopic (exact) mass is 293 g/mol. The predicted molar refractivity (Wildman–Crippen MR) is 78.9 cm³/mol. The van der Waals surface area contributed by atoms with Gasteiger partial charge in [-0.2, -0.15) is 0 Å². The van der Waals surface area contributed by atoms with Crippen molar-refractivity contribution in [3.05, 3.63) is 34.9 Å². The molecule has 20 heavy (non-hydrogen) atoms. The fourth-order valence-corrected chi connectivity index (χ4v) is 2.69. The Morgan fingerprint density at radius 3 is 2.85 bits per heavy atom. The van der Waals surface area contributed by atoms with Crippen molar-refractivity contribution < 1.29 is 9.53 Å². The highest BCUT2D eigenvalue weighted by Crippen LogP contribution is 2.48. The highest BCUT2D eigenvalue weighted by Gasteiger charge is 2.51. The first kappa shape index (κ1) is 13.9. The minimum Gasteiger partial charge on any atom is -0.379 e. The van der Waals surface area contributed by atoms with Gasteiger partial charge in [-0.3, -0.25) is 4.79 Å². The Balaban J connectivity index is 1.48. The molecule has 0 unspecified atom stereocenters. The minimum absolute atomic E-state index is 0.106. The second kappa shape index (κ2) is 5.74. The van der Waals surface area contributed by atoms with Gasteiger partial charge < -0.3 is 10.1 Å². The number of rotatable bonds is 7. The minimum atomic E-state index is -0.346. The van der Waals surface area contributed by atoms with E-state index >= 15 is 0 Å². The molecule has 2 aliphatic carbocycles. The van der Waals surface area contributed by atoms with Crippen LogP contribution in [0, 0.1) is 5.92 Å². The topological polar surface area (TPSA) is 38.3 Å². The van der Waals surface area contributed by atoms with Crippen LogP contribution in [0.15, 0.2) is 24.3 Å². The molecule has 4 heteroatoms. The van der Waals surface area contributed by atoms with Crippen molar-refractivity contribution in [1.29, 1.82) is 0 Å². The van der Waals surface area contributed by atoms with Crippen LogP contribution in [0.5, 0.6) is 0 Å². The maximum Gasteiger partial charge on any atom is 0.230 e. The van der Waals surface area contributed by atoms with Crippen molar-refractivity contribution >= 4 is 17.5 Å². The molecule has 1 amide bonds. The molecule has 108 valence electrons. The van der Waals surface area contributed by atoms with E-state index in [9.17, 15) is 4.79 Å². The van der Waals surface area contributed by atoms with Crippen LogP contribution in [-0.2, 0) is 14.9 Å². The molecule has 0 spiro atoms. The average Bonchev–Trinajstić information content (AvgIpc) is 3.32. The van der Waals surface area contributed by atoms with E-state index in [0.717, 1.165) is 30.9 Å². The van der Waals surface area contributed by atoms with Gasteiger partial charge in [-0.25, -0.2) is 0 Å². The fraction of sp³-hybridized carbons (Fsp3) is 0.562. The van der Waals surface area contributed by atoms with Gasteiger partial charge in [-0.05, 0) is 49.3 Å². The number of hydrogen-bond acceptors (Lipinski definition) is 2. The van der Waals surface area contributed by atoms with Crippen LogP contribution >= 0.6 is 11.6 Å². The van der Waals surface area contributed by atoms with Crippen LogP contribution in [-0.4, -0.2) is 25.7 Å². The van der Waals surface area contributed by atoms with Crippen LogP contribution in [0.25, 0.3) is 0 Å². The number of carbonyl (C=O) groups excluding carboxylic acids is 1. The molecule has 0 aliphatic heterocycles. The van der Waals surface area contributed by atoms with Crippen molar-refractivity contribution in [3.8, 4) is 0 Å². The maximum absolute atomic E-state index is 12.3. The highest BCUT2D eigenvalue weighted by molar-refractivity contribution is 6.30. The third kappa shape index (κ3) is 3.15. The smallest absolute Gasteiger partial charge is 0.230 e. The molecule has 1 N–H and O–H groups in total. The normalized spacial score (nSPS) is 19.6. The molecule has 2 fully saturated rings. The summed E-state index contributed by atoms with van der Waals surface area (Å²) in [6, 6.07) is 7.63. The zero-order valence-corrected chi connectivity index (χ0v) is 12.3. The molecule has 0 heterocycles. The van der Waals surface area contributed by atoms with Gasteiger partial charge >= 0.3 is 0 Å². The second-order valence-corrected chi connectivity index (χ2v) is 6.30. The van der Waals surface area contributed by atoms with Gasteiger partial charge in [0.15, 0.2) is 0 Å². The van der Waals surface area contributed by atoms with Gasteiger partial charge in [-0.15, -0.1) is 0 Å². The summed E-state index contributed by atoms with van der Waals surface area (Å²) in [7, 11) is 0. The molecule has 0 aromatic heterocycles. The third-order valence-electron chi connectivity index (χ3n) is 4.14. The van der Waals surface area contributed by atoms with Crippen molar-refractivity contribution in [2.75, 3.05) is 19.8 Å². The number of hydrogen-bond donors (Lipinski definition) is 1. The maximum atomic E-state index is 12.3. The molecule has 2 saturated carbocycles. The molecular formula is C16H20ClNO2. The van der Waals surface area contributed by atoms with E-state index in [1.165, 1.54) is 12.8 Å². The van der Waals surface area contributed by atoms with Crippen LogP contribution in [0.2, 0.25) is 5.02 Å². The Morgan fingerprint density at radius 2 is 2.20 bits per heavy atom. The molecule has 0 bridgehead atoms. The lowest BCUT2D eigenvalue weighted by Crippen LogP contribution is -2.36. The van der Waals surface area contributed by atoms with Gasteiger partial charge in [0.2, 0.25) is 5.91 Å². The summed E-state index contributed by atoms with van der Waals surface area (Å²) in [5, 5.41) is 3.68. The second-order valence-electron chi connectivity index (χ2n) is 5.87. The highest BCUT2D eigenvalue weighted by atomic mass is 35.5. The molecular weight excluding hydrogens is 274 g/mol. The zero-order valence-electron chi connectivity index (χ0n) is 11.5. The van der Waals surface area contributed by atoms with Crippen molar-refractivity contribution in [1.82, 2.24) is 5.32 Å². The van der Waals surface area contributed by atoms with Crippen LogP contribution in [0.1, 0.15) is 31.2 Å². The lowest BCUT2D eigenvalue weighted by molar-refractivity contribution is -0.123. The number of amides is 1. The molecule has 0 radical (unpaired) electrons. The van der Waals surface area contributed by atoms with Crippen molar-refractivity contribution in [2.45, 2.75) is 31.1 Å². The van der Waals surface area contributed by atoms with Crippen molar-refractivity contribution in [2.24, 2.45) is 5.92 Å². The fourth-order valence-electron chi connectivity index (χ4n) is 2.50. The third-order valence-corrected chi connectivity index (χ3v) is 4.38. The van der Waals surface area contributed by atoms with E-state index < -0.39 is 0 Å². The van der Waals surface area contributed by atoms with E-state index in [1.54, 1.807) is 0 Å². The Hall–Kier alpha value is -1.06. The first-order valence-electron chi connectivity index (χ1n) is 7.33. The van der Waals surface area contributed by atoms with E-state index in [0.29, 0.717) is 18.2 Å². The molecule has 1 aromatic rings. The Bertz CT molecular complexity index is 495. The summed E-state index contributed by atoms with van der Waals surface area (Å²) in [5.41, 5.74) is 0.683. The summed E-state index contributed by atoms with van der Waals surface area (Å²) in [5.74, 6) is 0.877. The summed E-state index contributed by atoms with van der Waals surface area (Å²) >= 11 is 6.01. The quantitative estimate of drug-likeness (QED) is 0.785. The summed E-state index contributed by atoms with van der Waals surface area (Å²) in [6.45, 7) is 2.04. The Labute approximate surface area is 124 Å². The predicted octanol–water partition coefficient (Wildman–Crippen LogP) is 2.91. The van der Waals surface area contributed by atoms with Gasteiger partial charge in [0, 0.05) is 18.2 Å². The summed E-state index contributed by atoms with van der Waals surface area (Å²) in [6.07, 6.45) is 4.40. The summed E-state index contributed by atoms with van der Waals surface area (Å²) in [4.78, 5) is 12.3. The first-order valence-corrected chi connectivity index (χ1v) is 7.71. The van der Waals surface area contributed by atoms with Gasteiger partial charge in [0.1, 0.15) is 0 Å². The van der Waals surface area contributed by atoms with Crippen molar-refractivity contribution in [3.63, 3.8) is 0 Å². The van der Waals surface area contributed by atoms with Crippen LogP contribution in [0.3, 0.4) is 0 Å². The van der Waals surface area contributed by atoms with Crippen LogP contribution in [0.4, 0.5) is 0 Å². The number of halogens is 1. The molecule has 0 saturated heterocycles. The number of benzene rings is 1. The SMILES string of the molecule is O=C(NCCOCC1CC1)C1(c2cccc(Cl)c2)CC1. The number of nitrogens with one attached hydrogen (secondary N) is 1. The first-order chi connectivity index (χ1) is 9.71. The van der Waals surface area contributed by atoms with E-state index in [-0.39, 0.29) is 11.3 Å². The van der Waals surface area contributed by atoms with Gasteiger partial charge in [-0.1, -0.05) is 23.7 Å². The molecule has 3 nitrogen and oxygen atoms in total. The van der Waals surface area contributed by atoms with Crippen LogP contribution < -0.4 is 5.32 Å². The largest absolute Gasteiger partial charge is 0.379 e. The van der Waals surface area contributed by atoms with E-state index in [2.05, 4.69) is 5.32 Å². The molecule has 1 aromatic carbocycles. The average molecular weight is 294 g/mol. The molecule has 0 atom stereocenters.